The van der Waals surface area contributed by atoms with Gasteiger partial charge in [-0.1, -0.05) is 13.8 Å². The minimum atomic E-state index is -0.830. The molecule has 2 aliphatic rings. The Morgan fingerprint density at radius 3 is 2.70 bits per heavy atom. The van der Waals surface area contributed by atoms with Gasteiger partial charge in [0.15, 0.2) is 0 Å². The lowest BCUT2D eigenvalue weighted by atomic mass is 9.65. The van der Waals surface area contributed by atoms with E-state index in [-0.39, 0.29) is 23.7 Å². The molecule has 0 saturated heterocycles. The molecule has 1 aliphatic carbocycles. The van der Waals surface area contributed by atoms with Gasteiger partial charge in [0.1, 0.15) is 17.8 Å². The van der Waals surface area contributed by atoms with Crippen molar-refractivity contribution < 1.29 is 23.9 Å². The van der Waals surface area contributed by atoms with E-state index >= 15 is 0 Å². The lowest BCUT2D eigenvalue weighted by molar-refractivity contribution is -0.163. The van der Waals surface area contributed by atoms with Crippen molar-refractivity contribution in [2.24, 2.45) is 17.3 Å². The van der Waals surface area contributed by atoms with Gasteiger partial charge in [0, 0.05) is 18.4 Å². The zero-order valence-corrected chi connectivity index (χ0v) is 12.0. The number of cyclic esters (lactones) is 1. The van der Waals surface area contributed by atoms with Crippen molar-refractivity contribution in [2.45, 2.75) is 39.7 Å². The van der Waals surface area contributed by atoms with Gasteiger partial charge in [-0.25, -0.2) is 4.79 Å². The van der Waals surface area contributed by atoms with Crippen LogP contribution in [0.3, 0.4) is 0 Å². The van der Waals surface area contributed by atoms with Gasteiger partial charge < -0.3 is 9.47 Å². The highest BCUT2D eigenvalue weighted by Gasteiger charge is 2.49. The summed E-state index contributed by atoms with van der Waals surface area (Å²) in [5, 5.41) is 0. The molecule has 5 heteroatoms. The van der Waals surface area contributed by atoms with Gasteiger partial charge in [0.05, 0.1) is 6.61 Å². The fraction of sp³-hybridized carbons (Fsp3) is 0.667. The van der Waals surface area contributed by atoms with Crippen LogP contribution < -0.4 is 0 Å². The molecule has 2 rings (SSSR count). The Balaban J connectivity index is 2.25. The number of carbonyl (C=O) groups excluding carboxylic acids is 3. The summed E-state index contributed by atoms with van der Waals surface area (Å²) in [6, 6.07) is 0. The van der Waals surface area contributed by atoms with E-state index in [2.05, 4.69) is 0 Å². The first-order chi connectivity index (χ1) is 9.34. The number of ether oxygens (including phenoxy) is 2. The first-order valence-corrected chi connectivity index (χ1v) is 6.92. The van der Waals surface area contributed by atoms with Gasteiger partial charge >= 0.3 is 11.9 Å². The summed E-state index contributed by atoms with van der Waals surface area (Å²) in [6.45, 7) is 5.91. The largest absolute Gasteiger partial charge is 0.465 e. The number of hydrogen-bond donors (Lipinski definition) is 0. The van der Waals surface area contributed by atoms with Crippen molar-refractivity contribution in [2.75, 3.05) is 6.61 Å². The number of hydrogen-bond acceptors (Lipinski definition) is 5. The van der Waals surface area contributed by atoms with E-state index in [0.29, 0.717) is 12.8 Å². The highest BCUT2D eigenvalue weighted by Crippen LogP contribution is 2.43. The molecule has 0 aromatic rings. The Kier molecular flexibility index (Phi) is 3.97. The molecule has 0 spiro atoms. The van der Waals surface area contributed by atoms with Crippen LogP contribution in [0.2, 0.25) is 0 Å². The van der Waals surface area contributed by atoms with Crippen LogP contribution in [0.5, 0.6) is 0 Å². The SMILES string of the molecule is CCOC(=O)C1C(=O)CC(C)(C)C[C@@H]1[C@H]1C=CC(=O)O1. The van der Waals surface area contributed by atoms with Crippen LogP contribution in [0, 0.1) is 17.3 Å². The second kappa shape index (κ2) is 5.38. The number of carbonyl (C=O) groups is 3. The van der Waals surface area contributed by atoms with E-state index in [1.807, 2.05) is 13.8 Å². The van der Waals surface area contributed by atoms with Crippen molar-refractivity contribution in [1.29, 1.82) is 0 Å². The summed E-state index contributed by atoms with van der Waals surface area (Å²) in [5.74, 6) is -2.22. The van der Waals surface area contributed by atoms with E-state index in [0.717, 1.165) is 0 Å². The molecule has 5 nitrogen and oxygen atoms in total. The molecule has 20 heavy (non-hydrogen) atoms. The van der Waals surface area contributed by atoms with Gasteiger partial charge in [-0.3, -0.25) is 9.59 Å². The molecular weight excluding hydrogens is 260 g/mol. The third-order valence-electron chi connectivity index (χ3n) is 3.85. The van der Waals surface area contributed by atoms with Crippen molar-refractivity contribution in [3.05, 3.63) is 12.2 Å². The van der Waals surface area contributed by atoms with Crippen molar-refractivity contribution >= 4 is 17.7 Å². The molecule has 110 valence electrons. The molecule has 0 bridgehead atoms. The third kappa shape index (κ3) is 2.92. The molecular formula is C15H20O5. The summed E-state index contributed by atoms with van der Waals surface area (Å²) in [7, 11) is 0. The summed E-state index contributed by atoms with van der Waals surface area (Å²) in [6.07, 6.45) is 3.45. The molecule has 1 saturated carbocycles. The predicted octanol–water partition coefficient (Wildman–Crippen LogP) is 1.65. The molecule has 0 aromatic heterocycles. The molecule has 1 aliphatic heterocycles. The van der Waals surface area contributed by atoms with E-state index in [1.165, 1.54) is 6.08 Å². The van der Waals surface area contributed by atoms with Crippen LogP contribution in [0.4, 0.5) is 0 Å². The smallest absolute Gasteiger partial charge is 0.331 e. The standard InChI is InChI=1S/C15H20O5/c1-4-19-14(18)13-9(11-5-6-12(17)20-11)7-15(2,3)8-10(13)16/h5-6,9,11,13H,4,7-8H2,1-3H3/t9-,11-,13?/m1/s1. The quantitative estimate of drug-likeness (QED) is 0.581. The first-order valence-electron chi connectivity index (χ1n) is 6.92. The van der Waals surface area contributed by atoms with Crippen molar-refractivity contribution in [3.8, 4) is 0 Å². The second-order valence-electron chi connectivity index (χ2n) is 6.17. The van der Waals surface area contributed by atoms with Crippen molar-refractivity contribution in [3.63, 3.8) is 0 Å². The predicted molar refractivity (Wildman–Crippen MR) is 70.7 cm³/mol. The maximum Gasteiger partial charge on any atom is 0.331 e. The maximum absolute atomic E-state index is 12.3. The van der Waals surface area contributed by atoms with Gasteiger partial charge in [-0.05, 0) is 24.8 Å². The minimum absolute atomic E-state index is 0.124. The number of esters is 2. The average molecular weight is 280 g/mol. The van der Waals surface area contributed by atoms with E-state index < -0.39 is 24.0 Å². The highest BCUT2D eigenvalue weighted by molar-refractivity contribution is 6.00. The zero-order valence-electron chi connectivity index (χ0n) is 12.0. The normalized spacial score (nSPS) is 32.0. The highest BCUT2D eigenvalue weighted by atomic mass is 16.5. The molecule has 0 radical (unpaired) electrons. The molecule has 1 unspecified atom stereocenters. The zero-order chi connectivity index (χ0) is 14.9. The monoisotopic (exact) mass is 280 g/mol. The second-order valence-corrected chi connectivity index (χ2v) is 6.17. The Bertz CT molecular complexity index is 463. The molecule has 0 amide bonds. The van der Waals surface area contributed by atoms with Gasteiger partial charge in [-0.2, -0.15) is 0 Å². The van der Waals surface area contributed by atoms with Crippen LogP contribution in [-0.4, -0.2) is 30.4 Å². The Labute approximate surface area is 118 Å². The third-order valence-corrected chi connectivity index (χ3v) is 3.85. The summed E-state index contributed by atoms with van der Waals surface area (Å²) in [5.41, 5.74) is -0.201. The summed E-state index contributed by atoms with van der Waals surface area (Å²) >= 11 is 0. The minimum Gasteiger partial charge on any atom is -0.465 e. The van der Waals surface area contributed by atoms with Crippen LogP contribution in [-0.2, 0) is 23.9 Å². The van der Waals surface area contributed by atoms with Gasteiger partial charge in [-0.15, -0.1) is 0 Å². The molecule has 1 fully saturated rings. The Morgan fingerprint density at radius 2 is 2.15 bits per heavy atom. The molecule has 0 aromatic carbocycles. The van der Waals surface area contributed by atoms with Crippen LogP contribution in [0.15, 0.2) is 12.2 Å². The van der Waals surface area contributed by atoms with Crippen LogP contribution in [0.1, 0.15) is 33.6 Å². The summed E-state index contributed by atoms with van der Waals surface area (Å²) in [4.78, 5) is 35.6. The summed E-state index contributed by atoms with van der Waals surface area (Å²) < 4.78 is 10.2. The molecule has 0 N–H and O–H groups in total. The van der Waals surface area contributed by atoms with E-state index in [4.69, 9.17) is 9.47 Å². The van der Waals surface area contributed by atoms with Crippen LogP contribution >= 0.6 is 0 Å². The number of ketones is 1. The Hall–Kier alpha value is -1.65. The first kappa shape index (κ1) is 14.8. The van der Waals surface area contributed by atoms with Gasteiger partial charge in [0.25, 0.3) is 0 Å². The molecule has 3 atom stereocenters. The van der Waals surface area contributed by atoms with Crippen molar-refractivity contribution in [1.82, 2.24) is 0 Å². The Morgan fingerprint density at radius 1 is 1.45 bits per heavy atom. The maximum atomic E-state index is 12.3. The van der Waals surface area contributed by atoms with E-state index in [1.54, 1.807) is 13.0 Å². The number of rotatable bonds is 3. The molecule has 1 heterocycles. The number of Topliss-reactive ketones (excluding diaryl/α,β-unsaturated/α-hetero) is 1. The average Bonchev–Trinajstić information content (AvgIpc) is 2.73. The topological polar surface area (TPSA) is 69.7 Å². The van der Waals surface area contributed by atoms with Gasteiger partial charge in [0.2, 0.25) is 0 Å². The fourth-order valence-corrected chi connectivity index (χ4v) is 3.11. The van der Waals surface area contributed by atoms with E-state index in [9.17, 15) is 14.4 Å². The fourth-order valence-electron chi connectivity index (χ4n) is 3.11. The lowest BCUT2D eigenvalue weighted by Gasteiger charge is -2.40. The lowest BCUT2D eigenvalue weighted by Crippen LogP contribution is -2.46. The van der Waals surface area contributed by atoms with Crippen LogP contribution in [0.25, 0.3) is 0 Å².